The molecule has 4 atom stereocenters. The van der Waals surface area contributed by atoms with Gasteiger partial charge in [-0.3, -0.25) is 4.79 Å². The van der Waals surface area contributed by atoms with Gasteiger partial charge in [-0.25, -0.2) is 12.8 Å². The number of rotatable bonds is 8. The summed E-state index contributed by atoms with van der Waals surface area (Å²) in [7, 11) is -3.17. The summed E-state index contributed by atoms with van der Waals surface area (Å²) >= 11 is 0. The van der Waals surface area contributed by atoms with Crippen LogP contribution >= 0.6 is 0 Å². The van der Waals surface area contributed by atoms with Gasteiger partial charge in [0.25, 0.3) is 5.91 Å². The third kappa shape index (κ3) is 5.11. The monoisotopic (exact) mass is 449 g/mol. The molecule has 4 unspecified atom stereocenters. The van der Waals surface area contributed by atoms with E-state index in [1.54, 1.807) is 4.90 Å². The van der Waals surface area contributed by atoms with Crippen LogP contribution in [0.3, 0.4) is 0 Å². The Morgan fingerprint density at radius 1 is 1.26 bits per heavy atom. The zero-order valence-corrected chi connectivity index (χ0v) is 18.6. The van der Waals surface area contributed by atoms with E-state index in [1.165, 1.54) is 24.3 Å². The molecule has 1 amide bonds. The summed E-state index contributed by atoms with van der Waals surface area (Å²) in [5.74, 6) is 2.32. The Labute approximate surface area is 182 Å². The number of furan rings is 1. The van der Waals surface area contributed by atoms with Crippen molar-refractivity contribution in [3.8, 4) is 5.75 Å². The van der Waals surface area contributed by atoms with E-state index in [1.807, 2.05) is 19.1 Å². The minimum absolute atomic E-state index is 0.0566. The Balaban J connectivity index is 1.54. The molecule has 2 aliphatic rings. The average Bonchev–Trinajstić information content (AvgIpc) is 3.11. The third-order valence-electron chi connectivity index (χ3n) is 6.15. The highest BCUT2D eigenvalue weighted by Crippen LogP contribution is 2.47. The van der Waals surface area contributed by atoms with Crippen LogP contribution in [0.4, 0.5) is 4.39 Å². The summed E-state index contributed by atoms with van der Waals surface area (Å²) in [5.41, 5.74) is 0. The fourth-order valence-corrected chi connectivity index (χ4v) is 5.87. The van der Waals surface area contributed by atoms with Crippen LogP contribution < -0.4 is 4.74 Å². The summed E-state index contributed by atoms with van der Waals surface area (Å²) < 4.78 is 49.2. The Morgan fingerprint density at radius 3 is 2.55 bits per heavy atom. The summed E-state index contributed by atoms with van der Waals surface area (Å²) in [5, 5.41) is 0. The fraction of sp³-hybridized carbons (Fsp3) is 0.522. The van der Waals surface area contributed by atoms with Crippen molar-refractivity contribution in [3.05, 3.63) is 53.7 Å². The number of carbonyl (C=O) groups is 1. The number of sulfone groups is 1. The second kappa shape index (κ2) is 8.65. The molecule has 0 spiro atoms. The van der Waals surface area contributed by atoms with E-state index in [0.717, 1.165) is 12.2 Å². The maximum atomic E-state index is 13.4. The van der Waals surface area contributed by atoms with Crippen molar-refractivity contribution in [1.82, 2.24) is 4.90 Å². The fourth-order valence-electron chi connectivity index (χ4n) is 4.14. The standard InChI is InChI=1S/C23H28FNO5S/c1-3-21(29-18-6-4-16(24)5-7-18)23(26)25(17-10-11-31(27,28)14-17)13-19-8-9-22(30-19)20-12-15(20)2/h4-9,15,17,20-21H,3,10-14H2,1-2H3. The highest BCUT2D eigenvalue weighted by atomic mass is 32.2. The molecule has 2 heterocycles. The number of benzene rings is 1. The van der Waals surface area contributed by atoms with E-state index in [9.17, 15) is 17.6 Å². The molecule has 6 nitrogen and oxygen atoms in total. The third-order valence-corrected chi connectivity index (χ3v) is 7.90. The molecule has 1 aromatic carbocycles. The van der Waals surface area contributed by atoms with Crippen molar-refractivity contribution in [2.45, 2.75) is 57.7 Å². The normalized spacial score (nSPS) is 25.2. The number of hydrogen-bond donors (Lipinski definition) is 0. The van der Waals surface area contributed by atoms with Gasteiger partial charge in [0.1, 0.15) is 23.1 Å². The number of nitrogens with zero attached hydrogens (tertiary/aromatic N) is 1. The largest absolute Gasteiger partial charge is 0.481 e. The van der Waals surface area contributed by atoms with Gasteiger partial charge in [-0.05, 0) is 61.6 Å². The first kappa shape index (κ1) is 21.9. The average molecular weight is 450 g/mol. The van der Waals surface area contributed by atoms with Gasteiger partial charge in [0.2, 0.25) is 0 Å². The van der Waals surface area contributed by atoms with E-state index in [-0.39, 0.29) is 29.8 Å². The zero-order valence-electron chi connectivity index (χ0n) is 17.8. The van der Waals surface area contributed by atoms with Crippen molar-refractivity contribution in [2.75, 3.05) is 11.5 Å². The van der Waals surface area contributed by atoms with E-state index < -0.39 is 22.0 Å². The SMILES string of the molecule is CCC(Oc1ccc(F)cc1)C(=O)N(Cc1ccc(C2CC2C)o1)C1CCS(=O)(=O)C1. The van der Waals surface area contributed by atoms with Crippen LogP contribution in [-0.4, -0.2) is 42.9 Å². The van der Waals surface area contributed by atoms with Crippen LogP contribution in [0.1, 0.15) is 50.5 Å². The highest BCUT2D eigenvalue weighted by Gasteiger charge is 2.39. The first-order valence-corrected chi connectivity index (χ1v) is 12.6. The minimum Gasteiger partial charge on any atom is -0.481 e. The number of carbonyl (C=O) groups excluding carboxylic acids is 1. The molecule has 168 valence electrons. The number of halogens is 1. The molecule has 0 radical (unpaired) electrons. The van der Waals surface area contributed by atoms with Crippen LogP contribution in [0.25, 0.3) is 0 Å². The molecule has 1 saturated carbocycles. The molecular formula is C23H28FNO5S. The summed E-state index contributed by atoms with van der Waals surface area (Å²) in [6.45, 7) is 4.20. The molecular weight excluding hydrogens is 421 g/mol. The molecule has 0 bridgehead atoms. The van der Waals surface area contributed by atoms with Crippen molar-refractivity contribution in [3.63, 3.8) is 0 Å². The van der Waals surface area contributed by atoms with Crippen LogP contribution in [0, 0.1) is 11.7 Å². The van der Waals surface area contributed by atoms with Gasteiger partial charge in [0.15, 0.2) is 15.9 Å². The van der Waals surface area contributed by atoms with Crippen LogP contribution in [0.5, 0.6) is 5.75 Å². The van der Waals surface area contributed by atoms with Gasteiger partial charge < -0.3 is 14.1 Å². The van der Waals surface area contributed by atoms with E-state index >= 15 is 0 Å². The topological polar surface area (TPSA) is 76.8 Å². The summed E-state index contributed by atoms with van der Waals surface area (Å²) in [4.78, 5) is 15.0. The molecule has 31 heavy (non-hydrogen) atoms. The summed E-state index contributed by atoms with van der Waals surface area (Å²) in [6, 6.07) is 8.90. The van der Waals surface area contributed by atoms with Gasteiger partial charge >= 0.3 is 0 Å². The molecule has 0 N–H and O–H groups in total. The Kier molecular flexibility index (Phi) is 6.10. The number of ether oxygens (including phenoxy) is 1. The van der Waals surface area contributed by atoms with Crippen LogP contribution in [0.2, 0.25) is 0 Å². The maximum absolute atomic E-state index is 13.4. The zero-order chi connectivity index (χ0) is 22.2. The molecule has 1 aliphatic carbocycles. The van der Waals surface area contributed by atoms with Crippen LogP contribution in [-0.2, 0) is 21.2 Å². The Hall–Kier alpha value is -2.35. The van der Waals surface area contributed by atoms with Crippen molar-refractivity contribution < 1.29 is 26.8 Å². The molecule has 2 aromatic rings. The van der Waals surface area contributed by atoms with E-state index in [4.69, 9.17) is 9.15 Å². The van der Waals surface area contributed by atoms with E-state index in [0.29, 0.717) is 36.2 Å². The predicted octanol–water partition coefficient (Wildman–Crippen LogP) is 3.92. The maximum Gasteiger partial charge on any atom is 0.264 e. The first-order chi connectivity index (χ1) is 14.8. The quantitative estimate of drug-likeness (QED) is 0.611. The van der Waals surface area contributed by atoms with Gasteiger partial charge in [-0.2, -0.15) is 0 Å². The molecule has 1 aliphatic heterocycles. The first-order valence-electron chi connectivity index (χ1n) is 10.8. The summed E-state index contributed by atoms with van der Waals surface area (Å²) in [6.07, 6.45) is 1.09. The lowest BCUT2D eigenvalue weighted by Crippen LogP contribution is -2.47. The molecule has 2 fully saturated rings. The van der Waals surface area contributed by atoms with Crippen molar-refractivity contribution in [2.24, 2.45) is 5.92 Å². The number of hydrogen-bond acceptors (Lipinski definition) is 5. The molecule has 1 aromatic heterocycles. The van der Waals surface area contributed by atoms with Gasteiger partial charge in [-0.1, -0.05) is 13.8 Å². The van der Waals surface area contributed by atoms with Crippen LogP contribution in [0.15, 0.2) is 40.8 Å². The van der Waals surface area contributed by atoms with Gasteiger partial charge in [-0.15, -0.1) is 0 Å². The second-order valence-electron chi connectivity index (χ2n) is 8.62. The number of amides is 1. The minimum atomic E-state index is -3.17. The molecule has 8 heteroatoms. The lowest BCUT2D eigenvalue weighted by molar-refractivity contribution is -0.141. The highest BCUT2D eigenvalue weighted by molar-refractivity contribution is 7.91. The Bertz CT molecular complexity index is 1030. The lowest BCUT2D eigenvalue weighted by atomic mass is 10.1. The Morgan fingerprint density at radius 2 is 1.97 bits per heavy atom. The van der Waals surface area contributed by atoms with Gasteiger partial charge in [0, 0.05) is 12.0 Å². The van der Waals surface area contributed by atoms with E-state index in [2.05, 4.69) is 6.92 Å². The molecule has 1 saturated heterocycles. The second-order valence-corrected chi connectivity index (χ2v) is 10.8. The predicted molar refractivity (Wildman–Crippen MR) is 114 cm³/mol. The van der Waals surface area contributed by atoms with Crippen molar-refractivity contribution in [1.29, 1.82) is 0 Å². The lowest BCUT2D eigenvalue weighted by Gasteiger charge is -2.31. The smallest absolute Gasteiger partial charge is 0.264 e. The van der Waals surface area contributed by atoms with Gasteiger partial charge in [0.05, 0.1) is 18.1 Å². The molecule has 4 rings (SSSR count). The van der Waals surface area contributed by atoms with Crippen molar-refractivity contribution >= 4 is 15.7 Å².